The van der Waals surface area contributed by atoms with Crippen LogP contribution in [0.25, 0.3) is 0 Å². The molecule has 1 atom stereocenters. The molecular formula is C19H25Cl2FN2O. The van der Waals surface area contributed by atoms with E-state index in [-0.39, 0.29) is 37.5 Å². The highest BCUT2D eigenvalue weighted by Crippen LogP contribution is 2.25. The zero-order chi connectivity index (χ0) is 15.9. The molecule has 0 amide bonds. The molecular weight excluding hydrogens is 362 g/mol. The fraction of sp³-hybridized carbons (Fsp3) is 0.368. The van der Waals surface area contributed by atoms with E-state index in [4.69, 9.17) is 4.74 Å². The number of alkyl halides is 1. The Morgan fingerprint density at radius 3 is 2.40 bits per heavy atom. The number of nitrogens with one attached hydrogen (secondary N) is 1. The molecule has 1 fully saturated rings. The largest absolute Gasteiger partial charge is 0.489 e. The summed E-state index contributed by atoms with van der Waals surface area (Å²) in [5, 5.41) is 3.31. The Kier molecular flexibility index (Phi) is 9.83. The molecule has 0 saturated carbocycles. The van der Waals surface area contributed by atoms with E-state index >= 15 is 0 Å². The Morgan fingerprint density at radius 2 is 1.72 bits per heavy atom. The van der Waals surface area contributed by atoms with Gasteiger partial charge in [-0.2, -0.15) is 0 Å². The van der Waals surface area contributed by atoms with E-state index in [0.717, 1.165) is 43.1 Å². The third kappa shape index (κ3) is 6.15. The Bertz CT molecular complexity index is 609. The summed E-state index contributed by atoms with van der Waals surface area (Å²) in [6.45, 7) is 3.75. The molecule has 2 aromatic rings. The zero-order valence-corrected chi connectivity index (χ0v) is 15.7. The maximum atomic E-state index is 13.6. The van der Waals surface area contributed by atoms with Crippen LogP contribution in [0.4, 0.5) is 4.39 Å². The molecule has 1 aliphatic rings. The minimum Gasteiger partial charge on any atom is -0.489 e. The van der Waals surface area contributed by atoms with Crippen molar-refractivity contribution in [1.29, 1.82) is 0 Å². The molecule has 1 heterocycles. The lowest BCUT2D eigenvalue weighted by Crippen LogP contribution is -2.45. The molecule has 3 nitrogen and oxygen atoms in total. The van der Waals surface area contributed by atoms with Crippen molar-refractivity contribution in [3.05, 3.63) is 65.7 Å². The van der Waals surface area contributed by atoms with Crippen molar-refractivity contribution < 1.29 is 9.13 Å². The van der Waals surface area contributed by atoms with Crippen molar-refractivity contribution in [1.82, 2.24) is 10.2 Å². The van der Waals surface area contributed by atoms with Gasteiger partial charge < -0.3 is 10.1 Å². The minimum absolute atomic E-state index is 0. The lowest BCUT2D eigenvalue weighted by molar-refractivity contribution is 0.147. The van der Waals surface area contributed by atoms with Crippen LogP contribution < -0.4 is 10.1 Å². The van der Waals surface area contributed by atoms with Crippen molar-refractivity contribution in [3.8, 4) is 5.75 Å². The fourth-order valence-corrected chi connectivity index (χ4v) is 2.94. The van der Waals surface area contributed by atoms with E-state index in [0.29, 0.717) is 6.61 Å². The van der Waals surface area contributed by atoms with Crippen LogP contribution in [0.5, 0.6) is 5.75 Å². The molecule has 1 aliphatic heterocycles. The van der Waals surface area contributed by atoms with Gasteiger partial charge in [-0.3, -0.25) is 4.90 Å². The van der Waals surface area contributed by atoms with Crippen LogP contribution >= 0.6 is 24.8 Å². The fourth-order valence-electron chi connectivity index (χ4n) is 2.94. The number of hydrogen-bond acceptors (Lipinski definition) is 3. The molecule has 1 N–H and O–H groups in total. The SMILES string of the molecule is Cl.Cl.FC[C@@H](c1cccc(OCc2ccccc2)c1)N1CCNCC1. The van der Waals surface area contributed by atoms with Gasteiger partial charge in [0.1, 0.15) is 19.0 Å². The second kappa shape index (κ2) is 11.3. The maximum Gasteiger partial charge on any atom is 0.120 e. The van der Waals surface area contributed by atoms with Gasteiger partial charge in [0.05, 0.1) is 6.04 Å². The van der Waals surface area contributed by atoms with Crippen LogP contribution in [0.1, 0.15) is 17.2 Å². The van der Waals surface area contributed by atoms with Crippen LogP contribution in [0.3, 0.4) is 0 Å². The van der Waals surface area contributed by atoms with Crippen LogP contribution in [0.2, 0.25) is 0 Å². The van der Waals surface area contributed by atoms with Crippen molar-refractivity contribution >= 4 is 24.8 Å². The second-order valence-electron chi connectivity index (χ2n) is 5.80. The van der Waals surface area contributed by atoms with Crippen molar-refractivity contribution in [2.45, 2.75) is 12.6 Å². The van der Waals surface area contributed by atoms with Gasteiger partial charge in [-0.25, -0.2) is 4.39 Å². The number of piperazine rings is 1. The number of nitrogens with zero attached hydrogens (tertiary/aromatic N) is 1. The first-order valence-corrected chi connectivity index (χ1v) is 8.14. The average Bonchev–Trinajstić information content (AvgIpc) is 2.63. The molecule has 0 unspecified atom stereocenters. The highest BCUT2D eigenvalue weighted by Gasteiger charge is 2.22. The molecule has 6 heteroatoms. The molecule has 0 aliphatic carbocycles. The summed E-state index contributed by atoms with van der Waals surface area (Å²) in [4.78, 5) is 2.20. The van der Waals surface area contributed by atoms with Gasteiger partial charge in [0.15, 0.2) is 0 Å². The maximum absolute atomic E-state index is 13.6. The molecule has 25 heavy (non-hydrogen) atoms. The molecule has 1 saturated heterocycles. The summed E-state index contributed by atoms with van der Waals surface area (Å²) in [5.74, 6) is 0.792. The average molecular weight is 387 g/mol. The van der Waals surface area contributed by atoms with E-state index in [1.54, 1.807) is 0 Å². The topological polar surface area (TPSA) is 24.5 Å². The third-order valence-corrected chi connectivity index (χ3v) is 4.23. The molecule has 3 rings (SSSR count). The summed E-state index contributed by atoms with van der Waals surface area (Å²) in [6.07, 6.45) is 0. The van der Waals surface area contributed by atoms with Gasteiger partial charge in [-0.1, -0.05) is 42.5 Å². The van der Waals surface area contributed by atoms with Crippen molar-refractivity contribution in [2.24, 2.45) is 0 Å². The highest BCUT2D eigenvalue weighted by atomic mass is 35.5. The Labute approximate surface area is 161 Å². The second-order valence-corrected chi connectivity index (χ2v) is 5.80. The normalized spacial score (nSPS) is 15.6. The monoisotopic (exact) mass is 386 g/mol. The lowest BCUT2D eigenvalue weighted by Gasteiger charge is -2.33. The number of halogens is 3. The summed E-state index contributed by atoms with van der Waals surface area (Å²) >= 11 is 0. The van der Waals surface area contributed by atoms with Gasteiger partial charge in [-0.15, -0.1) is 24.8 Å². The first-order chi connectivity index (χ1) is 11.4. The Balaban J connectivity index is 0.00000156. The predicted octanol–water partition coefficient (Wildman–Crippen LogP) is 4.03. The quantitative estimate of drug-likeness (QED) is 0.810. The lowest BCUT2D eigenvalue weighted by atomic mass is 10.1. The smallest absolute Gasteiger partial charge is 0.120 e. The first-order valence-electron chi connectivity index (χ1n) is 8.14. The Hall–Kier alpha value is -1.33. The van der Waals surface area contributed by atoms with Gasteiger partial charge in [0, 0.05) is 26.2 Å². The van der Waals surface area contributed by atoms with Crippen LogP contribution in [0.15, 0.2) is 54.6 Å². The number of hydrogen-bond donors (Lipinski definition) is 1. The van der Waals surface area contributed by atoms with Crippen LogP contribution in [0, 0.1) is 0 Å². The minimum atomic E-state index is -0.373. The molecule has 0 bridgehead atoms. The van der Waals surface area contributed by atoms with Crippen LogP contribution in [-0.4, -0.2) is 37.8 Å². The highest BCUT2D eigenvalue weighted by molar-refractivity contribution is 5.85. The third-order valence-electron chi connectivity index (χ3n) is 4.23. The number of benzene rings is 2. The van der Waals surface area contributed by atoms with Gasteiger partial charge >= 0.3 is 0 Å². The van der Waals surface area contributed by atoms with Gasteiger partial charge in [0.2, 0.25) is 0 Å². The van der Waals surface area contributed by atoms with Crippen LogP contribution in [-0.2, 0) is 6.61 Å². The molecule has 138 valence electrons. The summed E-state index contributed by atoms with van der Waals surface area (Å²) < 4.78 is 19.5. The molecule has 0 aromatic heterocycles. The summed E-state index contributed by atoms with van der Waals surface area (Å²) in [5.41, 5.74) is 2.11. The van der Waals surface area contributed by atoms with E-state index in [2.05, 4.69) is 10.2 Å². The predicted molar refractivity (Wildman–Crippen MR) is 105 cm³/mol. The standard InChI is InChI=1S/C19H23FN2O.2ClH/c20-14-19(22-11-9-21-10-12-22)17-7-4-8-18(13-17)23-15-16-5-2-1-3-6-16;;/h1-8,13,19,21H,9-12,14-15H2;2*1H/t19-;;/m0../s1. The molecule has 2 aromatic carbocycles. The van der Waals surface area contributed by atoms with Gasteiger partial charge in [-0.05, 0) is 23.3 Å². The first kappa shape index (κ1) is 21.7. The number of rotatable bonds is 6. The Morgan fingerprint density at radius 1 is 1.00 bits per heavy atom. The van der Waals surface area contributed by atoms with E-state index in [1.807, 2.05) is 54.6 Å². The van der Waals surface area contributed by atoms with Crippen molar-refractivity contribution in [3.63, 3.8) is 0 Å². The van der Waals surface area contributed by atoms with E-state index < -0.39 is 0 Å². The van der Waals surface area contributed by atoms with Crippen molar-refractivity contribution in [2.75, 3.05) is 32.9 Å². The number of ether oxygens (including phenoxy) is 1. The van der Waals surface area contributed by atoms with Gasteiger partial charge in [0.25, 0.3) is 0 Å². The molecule has 0 spiro atoms. The summed E-state index contributed by atoms with van der Waals surface area (Å²) in [7, 11) is 0. The molecule has 0 radical (unpaired) electrons. The van der Waals surface area contributed by atoms with E-state index in [9.17, 15) is 4.39 Å². The summed E-state index contributed by atoms with van der Waals surface area (Å²) in [6, 6.07) is 17.7. The van der Waals surface area contributed by atoms with E-state index in [1.165, 1.54) is 0 Å². The zero-order valence-electron chi connectivity index (χ0n) is 14.1.